The fraction of sp³-hybridized carbons (Fsp3) is 0.552. The predicted molar refractivity (Wildman–Crippen MR) is 147 cm³/mol. The third-order valence-electron chi connectivity index (χ3n) is 8.35. The fourth-order valence-corrected chi connectivity index (χ4v) is 6.04. The Morgan fingerprint density at radius 3 is 2.32 bits per heavy atom. The highest BCUT2D eigenvalue weighted by molar-refractivity contribution is 6.01. The van der Waals surface area contributed by atoms with Crippen LogP contribution in [0.3, 0.4) is 0 Å². The van der Waals surface area contributed by atoms with E-state index in [1.165, 1.54) is 0 Å². The first-order valence-electron chi connectivity index (χ1n) is 14.0. The Labute approximate surface area is 224 Å². The number of aryl methyl sites for hydroxylation is 1. The number of nitrogens with one attached hydrogen (secondary N) is 2. The van der Waals surface area contributed by atoms with Gasteiger partial charge in [0.2, 0.25) is 0 Å². The summed E-state index contributed by atoms with van der Waals surface area (Å²) in [4.78, 5) is 49.2. The molecule has 0 spiro atoms. The number of anilines is 2. The molecular weight excluding hydrogens is 480 g/mol. The van der Waals surface area contributed by atoms with E-state index < -0.39 is 5.91 Å². The van der Waals surface area contributed by atoms with Crippen molar-refractivity contribution in [3.63, 3.8) is 0 Å². The number of ketones is 1. The Morgan fingerprint density at radius 2 is 1.76 bits per heavy atom. The number of nitrogens with zero attached hydrogens (tertiary/aromatic N) is 3. The minimum atomic E-state index is -0.615. The van der Waals surface area contributed by atoms with Crippen molar-refractivity contribution in [2.24, 2.45) is 11.7 Å². The zero-order chi connectivity index (χ0) is 27.0. The summed E-state index contributed by atoms with van der Waals surface area (Å²) in [5.74, 6) is 0.512. The van der Waals surface area contributed by atoms with Gasteiger partial charge >= 0.3 is 0 Å². The van der Waals surface area contributed by atoms with Gasteiger partial charge in [0.25, 0.3) is 11.8 Å². The Hall–Kier alpha value is -3.49. The molecular formula is C29H38N6O3. The summed E-state index contributed by atoms with van der Waals surface area (Å²) in [7, 11) is 0. The minimum absolute atomic E-state index is 0.0395. The third kappa shape index (κ3) is 5.24. The van der Waals surface area contributed by atoms with E-state index in [0.717, 1.165) is 57.2 Å². The summed E-state index contributed by atoms with van der Waals surface area (Å²) in [5, 5.41) is 6.58. The van der Waals surface area contributed by atoms with Crippen LogP contribution >= 0.6 is 0 Å². The molecule has 3 aliphatic rings. The molecule has 9 heteroatoms. The summed E-state index contributed by atoms with van der Waals surface area (Å²) in [6.07, 6.45) is 9.23. The molecule has 0 radical (unpaired) electrons. The molecule has 2 bridgehead atoms. The van der Waals surface area contributed by atoms with Gasteiger partial charge in [-0.25, -0.2) is 9.97 Å². The van der Waals surface area contributed by atoms with Crippen LogP contribution in [0.4, 0.5) is 11.5 Å². The first-order valence-corrected chi connectivity index (χ1v) is 14.0. The van der Waals surface area contributed by atoms with Crippen LogP contribution in [0.5, 0.6) is 0 Å². The highest BCUT2D eigenvalue weighted by Crippen LogP contribution is 2.39. The van der Waals surface area contributed by atoms with Crippen molar-refractivity contribution in [1.29, 1.82) is 0 Å². The molecule has 4 N–H and O–H groups in total. The first kappa shape index (κ1) is 26.1. The Balaban J connectivity index is 1.27. The number of aromatic nitrogens is 2. The van der Waals surface area contributed by atoms with Gasteiger partial charge in [0.1, 0.15) is 5.82 Å². The quantitative estimate of drug-likeness (QED) is 0.405. The second-order valence-corrected chi connectivity index (χ2v) is 11.0. The van der Waals surface area contributed by atoms with E-state index in [1.54, 1.807) is 19.2 Å². The van der Waals surface area contributed by atoms with Gasteiger partial charge in [-0.05, 0) is 76.5 Å². The lowest BCUT2D eigenvalue weighted by Gasteiger charge is -2.40. The van der Waals surface area contributed by atoms with Crippen LogP contribution in [0.2, 0.25) is 0 Å². The van der Waals surface area contributed by atoms with Gasteiger partial charge in [0, 0.05) is 41.8 Å². The largest absolute Gasteiger partial charge is 0.380 e. The van der Waals surface area contributed by atoms with Gasteiger partial charge in [-0.2, -0.15) is 0 Å². The maximum absolute atomic E-state index is 13.4. The fourth-order valence-electron chi connectivity index (χ4n) is 6.04. The molecule has 2 amide bonds. The molecule has 38 heavy (non-hydrogen) atoms. The molecule has 2 aromatic rings. The van der Waals surface area contributed by atoms with Crippen LogP contribution in [0.15, 0.2) is 24.4 Å². The average molecular weight is 519 g/mol. The number of amides is 2. The molecule has 0 aromatic carbocycles. The molecule has 1 aliphatic carbocycles. The summed E-state index contributed by atoms with van der Waals surface area (Å²) >= 11 is 0. The number of nitrogens with two attached hydrogens (primary N) is 1. The minimum Gasteiger partial charge on any atom is -0.380 e. The van der Waals surface area contributed by atoms with Crippen molar-refractivity contribution < 1.29 is 14.4 Å². The summed E-state index contributed by atoms with van der Waals surface area (Å²) in [6, 6.07) is 6.38. The van der Waals surface area contributed by atoms with Gasteiger partial charge in [-0.15, -0.1) is 0 Å². The van der Waals surface area contributed by atoms with Gasteiger partial charge in [0.05, 0.1) is 16.9 Å². The molecule has 4 heterocycles. The molecule has 2 aromatic heterocycles. The maximum atomic E-state index is 13.4. The van der Waals surface area contributed by atoms with Crippen LogP contribution in [-0.2, 0) is 0 Å². The number of pyridine rings is 2. The van der Waals surface area contributed by atoms with Crippen LogP contribution in [0, 0.1) is 12.8 Å². The molecule has 2 saturated heterocycles. The van der Waals surface area contributed by atoms with Crippen LogP contribution in [0.25, 0.3) is 0 Å². The average Bonchev–Trinajstić information content (AvgIpc) is 3.72. The maximum Gasteiger partial charge on any atom is 0.269 e. The van der Waals surface area contributed by atoms with Gasteiger partial charge < -0.3 is 21.3 Å². The van der Waals surface area contributed by atoms with E-state index in [-0.39, 0.29) is 35.4 Å². The van der Waals surface area contributed by atoms with Crippen LogP contribution < -0.4 is 21.3 Å². The van der Waals surface area contributed by atoms with Gasteiger partial charge in [0.15, 0.2) is 11.5 Å². The molecule has 9 nitrogen and oxygen atoms in total. The van der Waals surface area contributed by atoms with Crippen LogP contribution in [0.1, 0.15) is 102 Å². The van der Waals surface area contributed by atoms with Crippen molar-refractivity contribution in [1.82, 2.24) is 15.3 Å². The highest BCUT2D eigenvalue weighted by atomic mass is 16.2. The van der Waals surface area contributed by atoms with E-state index in [1.807, 2.05) is 12.1 Å². The van der Waals surface area contributed by atoms with E-state index in [4.69, 9.17) is 5.73 Å². The number of primary amides is 1. The third-order valence-corrected chi connectivity index (χ3v) is 8.35. The SMILES string of the molecule is CCC(CC)Nc1cc(C(=O)NC2CC3CCC(C2)N3c2ccc(C(=O)C3CC3)cn2)c(C)nc1C(N)=O. The number of hydrogen-bond acceptors (Lipinski definition) is 7. The predicted octanol–water partition coefficient (Wildman–Crippen LogP) is 4.01. The van der Waals surface area contributed by atoms with Crippen molar-refractivity contribution in [2.45, 2.75) is 96.3 Å². The molecule has 5 rings (SSSR count). The summed E-state index contributed by atoms with van der Waals surface area (Å²) in [5.41, 5.74) is 7.90. The zero-order valence-electron chi connectivity index (χ0n) is 22.5. The number of carbonyl (C=O) groups excluding carboxylic acids is 3. The lowest BCUT2D eigenvalue weighted by Crippen LogP contribution is -2.51. The first-order chi connectivity index (χ1) is 18.3. The van der Waals surface area contributed by atoms with Crippen LogP contribution in [-0.4, -0.2) is 51.7 Å². The normalized spacial score (nSPS) is 22.4. The number of piperidine rings is 1. The van der Waals surface area contributed by atoms with E-state index in [2.05, 4.69) is 39.3 Å². The number of carbonyl (C=O) groups is 3. The second kappa shape index (κ2) is 10.7. The smallest absolute Gasteiger partial charge is 0.269 e. The molecule has 3 fully saturated rings. The molecule has 2 aliphatic heterocycles. The number of hydrogen-bond donors (Lipinski definition) is 3. The lowest BCUT2D eigenvalue weighted by molar-refractivity contribution is 0.0922. The lowest BCUT2D eigenvalue weighted by atomic mass is 9.96. The zero-order valence-corrected chi connectivity index (χ0v) is 22.5. The molecule has 202 valence electrons. The molecule has 1 saturated carbocycles. The van der Waals surface area contributed by atoms with Crippen molar-refractivity contribution in [3.8, 4) is 0 Å². The van der Waals surface area contributed by atoms with Gasteiger partial charge in [-0.3, -0.25) is 14.4 Å². The Kier molecular flexibility index (Phi) is 7.36. The molecule has 2 unspecified atom stereocenters. The number of Topliss-reactive ketones (excluding diaryl/α,β-unsaturated/α-hetero) is 1. The van der Waals surface area contributed by atoms with Crippen molar-refractivity contribution in [2.75, 3.05) is 10.2 Å². The van der Waals surface area contributed by atoms with E-state index in [9.17, 15) is 14.4 Å². The van der Waals surface area contributed by atoms with Crippen molar-refractivity contribution in [3.05, 3.63) is 46.9 Å². The highest BCUT2D eigenvalue weighted by Gasteiger charge is 2.42. The Bertz CT molecular complexity index is 1210. The molecule has 2 atom stereocenters. The number of rotatable bonds is 10. The topological polar surface area (TPSA) is 130 Å². The van der Waals surface area contributed by atoms with Crippen molar-refractivity contribution >= 4 is 29.1 Å². The number of fused-ring (bicyclic) bond motifs is 2. The standard InChI is InChI=1S/C29H38N6O3/c1-4-19(5-2)33-24-14-23(16(3)32-26(24)28(30)37)29(38)34-20-12-21-9-10-22(13-20)35(21)25-11-8-18(15-31-25)27(36)17-6-7-17/h8,11,14-15,17,19-22,33H,4-7,9-10,12-13H2,1-3H3,(H2,30,37)(H,34,38). The Morgan fingerprint density at radius 1 is 1.08 bits per heavy atom. The second-order valence-electron chi connectivity index (χ2n) is 11.0. The van der Waals surface area contributed by atoms with E-state index in [0.29, 0.717) is 34.6 Å². The van der Waals surface area contributed by atoms with E-state index >= 15 is 0 Å². The monoisotopic (exact) mass is 518 g/mol. The summed E-state index contributed by atoms with van der Waals surface area (Å²) < 4.78 is 0. The summed E-state index contributed by atoms with van der Waals surface area (Å²) in [6.45, 7) is 5.87. The van der Waals surface area contributed by atoms with Gasteiger partial charge in [-0.1, -0.05) is 13.8 Å².